The fraction of sp³-hybridized carbons (Fsp3) is 0.333. The number of halogens is 3. The first-order valence-corrected chi connectivity index (χ1v) is 7.39. The van der Waals surface area contributed by atoms with Crippen molar-refractivity contribution in [2.75, 3.05) is 6.54 Å². The Balaban J connectivity index is 2.09. The number of nitrogens with one attached hydrogen (secondary N) is 1. The van der Waals surface area contributed by atoms with Crippen molar-refractivity contribution in [1.82, 2.24) is 9.88 Å². The van der Waals surface area contributed by atoms with E-state index in [9.17, 15) is 8.78 Å². The molecule has 20 heavy (non-hydrogen) atoms. The molecular formula is C15H17BrF2N2. The van der Waals surface area contributed by atoms with E-state index in [4.69, 9.17) is 0 Å². The summed E-state index contributed by atoms with van der Waals surface area (Å²) in [7, 11) is 0. The molecule has 5 heteroatoms. The summed E-state index contributed by atoms with van der Waals surface area (Å²) in [6.45, 7) is 4.02. The molecule has 0 fully saturated rings. The number of aromatic nitrogens is 1. The molecule has 0 atom stereocenters. The zero-order chi connectivity index (χ0) is 14.5. The fourth-order valence-electron chi connectivity index (χ4n) is 2.00. The molecule has 1 aromatic carbocycles. The highest BCUT2D eigenvalue weighted by molar-refractivity contribution is 9.10. The smallest absolute Gasteiger partial charge is 0.145 e. The molecule has 0 aliphatic carbocycles. The van der Waals surface area contributed by atoms with Crippen LogP contribution in [0.2, 0.25) is 0 Å². The Morgan fingerprint density at radius 2 is 2.05 bits per heavy atom. The highest BCUT2D eigenvalue weighted by Crippen LogP contribution is 2.22. The molecule has 1 heterocycles. The Bertz CT molecular complexity index is 581. The van der Waals surface area contributed by atoms with Crippen LogP contribution in [-0.2, 0) is 13.1 Å². The van der Waals surface area contributed by atoms with Crippen molar-refractivity contribution in [3.63, 3.8) is 0 Å². The quantitative estimate of drug-likeness (QED) is 0.618. The minimum Gasteiger partial charge on any atom is -0.349 e. The van der Waals surface area contributed by atoms with Crippen LogP contribution in [0.15, 0.2) is 35.1 Å². The molecule has 0 saturated heterocycles. The highest BCUT2D eigenvalue weighted by atomic mass is 79.9. The van der Waals surface area contributed by atoms with Gasteiger partial charge < -0.3 is 9.88 Å². The van der Waals surface area contributed by atoms with Crippen molar-refractivity contribution >= 4 is 15.9 Å². The second kappa shape index (κ2) is 6.99. The van der Waals surface area contributed by atoms with Crippen LogP contribution in [0, 0.1) is 11.6 Å². The summed E-state index contributed by atoms with van der Waals surface area (Å²) in [5.74, 6) is -1.06. The van der Waals surface area contributed by atoms with Crippen molar-refractivity contribution < 1.29 is 8.78 Å². The van der Waals surface area contributed by atoms with Crippen LogP contribution in [-0.4, -0.2) is 11.1 Å². The van der Waals surface area contributed by atoms with Crippen LogP contribution in [0.1, 0.15) is 24.5 Å². The third kappa shape index (κ3) is 3.67. The van der Waals surface area contributed by atoms with E-state index in [1.54, 1.807) is 4.57 Å². The molecule has 0 aliphatic heterocycles. The summed E-state index contributed by atoms with van der Waals surface area (Å²) in [4.78, 5) is 0. The molecule has 0 bridgehead atoms. The van der Waals surface area contributed by atoms with Gasteiger partial charge in [0, 0.05) is 24.5 Å². The van der Waals surface area contributed by atoms with Crippen LogP contribution in [0.25, 0.3) is 0 Å². The van der Waals surface area contributed by atoms with Crippen molar-refractivity contribution in [3.05, 3.63) is 57.8 Å². The van der Waals surface area contributed by atoms with E-state index in [1.807, 2.05) is 18.5 Å². The predicted molar refractivity (Wildman–Crippen MR) is 79.6 cm³/mol. The van der Waals surface area contributed by atoms with E-state index >= 15 is 0 Å². The average Bonchev–Trinajstić information content (AvgIpc) is 2.87. The van der Waals surface area contributed by atoms with Gasteiger partial charge in [-0.25, -0.2) is 8.78 Å². The molecule has 2 nitrogen and oxygen atoms in total. The van der Waals surface area contributed by atoms with Crippen molar-refractivity contribution in [2.24, 2.45) is 0 Å². The first kappa shape index (κ1) is 15.2. The number of nitrogens with zero attached hydrogens (tertiary/aromatic N) is 1. The second-order valence-corrected chi connectivity index (χ2v) is 5.54. The molecule has 0 saturated carbocycles. The maximum atomic E-state index is 13.9. The van der Waals surface area contributed by atoms with E-state index in [-0.39, 0.29) is 16.6 Å². The summed E-state index contributed by atoms with van der Waals surface area (Å²) in [6, 6.07) is 4.61. The van der Waals surface area contributed by atoms with Gasteiger partial charge >= 0.3 is 0 Å². The predicted octanol–water partition coefficient (Wildman–Crippen LogP) is 4.08. The zero-order valence-electron chi connectivity index (χ0n) is 11.3. The summed E-state index contributed by atoms with van der Waals surface area (Å²) >= 11 is 3.08. The second-order valence-electron chi connectivity index (χ2n) is 4.69. The van der Waals surface area contributed by atoms with Crippen molar-refractivity contribution in [1.29, 1.82) is 0 Å². The SMILES string of the molecule is CCCNCc1ccn(Cc2c(F)ccc(Br)c2F)c1. The van der Waals surface area contributed by atoms with Gasteiger partial charge in [-0.2, -0.15) is 0 Å². The van der Waals surface area contributed by atoms with Crippen LogP contribution in [0.4, 0.5) is 8.78 Å². The van der Waals surface area contributed by atoms with Gasteiger partial charge in [0.15, 0.2) is 0 Å². The molecule has 0 aliphatic rings. The van der Waals surface area contributed by atoms with Gasteiger partial charge in [-0.15, -0.1) is 0 Å². The lowest BCUT2D eigenvalue weighted by Gasteiger charge is -2.07. The minimum absolute atomic E-state index is 0.0723. The third-order valence-corrected chi connectivity index (χ3v) is 3.66. The topological polar surface area (TPSA) is 17.0 Å². The van der Waals surface area contributed by atoms with Gasteiger partial charge in [0.1, 0.15) is 11.6 Å². The zero-order valence-corrected chi connectivity index (χ0v) is 12.9. The minimum atomic E-state index is -0.538. The summed E-state index contributed by atoms with van der Waals surface area (Å²) in [5.41, 5.74) is 1.18. The summed E-state index contributed by atoms with van der Waals surface area (Å²) in [6.07, 6.45) is 4.82. The summed E-state index contributed by atoms with van der Waals surface area (Å²) < 4.78 is 29.6. The maximum absolute atomic E-state index is 13.9. The molecule has 2 aromatic rings. The van der Waals surface area contributed by atoms with Crippen LogP contribution in [0.3, 0.4) is 0 Å². The normalized spacial score (nSPS) is 11.0. The largest absolute Gasteiger partial charge is 0.349 e. The highest BCUT2D eigenvalue weighted by Gasteiger charge is 2.12. The molecule has 108 valence electrons. The van der Waals surface area contributed by atoms with Crippen LogP contribution < -0.4 is 5.32 Å². The number of hydrogen-bond donors (Lipinski definition) is 1. The molecular weight excluding hydrogens is 326 g/mol. The van der Waals surface area contributed by atoms with Crippen molar-refractivity contribution in [2.45, 2.75) is 26.4 Å². The van der Waals surface area contributed by atoms with Gasteiger partial charge in [-0.1, -0.05) is 6.92 Å². The Hall–Kier alpha value is -1.20. The molecule has 1 N–H and O–H groups in total. The van der Waals surface area contributed by atoms with Gasteiger partial charge in [-0.05, 0) is 52.7 Å². The van der Waals surface area contributed by atoms with Crippen LogP contribution >= 0.6 is 15.9 Å². The molecule has 0 unspecified atom stereocenters. The number of benzene rings is 1. The van der Waals surface area contributed by atoms with Gasteiger partial charge in [0.05, 0.1) is 11.0 Å². The van der Waals surface area contributed by atoms with E-state index in [2.05, 4.69) is 28.2 Å². The maximum Gasteiger partial charge on any atom is 0.145 e. The van der Waals surface area contributed by atoms with E-state index in [0.717, 1.165) is 25.1 Å². The lowest BCUT2D eigenvalue weighted by atomic mass is 10.2. The first-order valence-electron chi connectivity index (χ1n) is 6.59. The Labute approximate surface area is 125 Å². The van der Waals surface area contributed by atoms with Gasteiger partial charge in [-0.3, -0.25) is 0 Å². The molecule has 0 spiro atoms. The first-order chi connectivity index (χ1) is 9.61. The number of hydrogen-bond acceptors (Lipinski definition) is 1. The Kier molecular flexibility index (Phi) is 5.31. The lowest BCUT2D eigenvalue weighted by molar-refractivity contribution is 0.540. The average molecular weight is 343 g/mol. The van der Waals surface area contributed by atoms with Crippen LogP contribution in [0.5, 0.6) is 0 Å². The van der Waals surface area contributed by atoms with Crippen molar-refractivity contribution in [3.8, 4) is 0 Å². The monoisotopic (exact) mass is 342 g/mol. The molecule has 2 rings (SSSR count). The molecule has 0 radical (unpaired) electrons. The van der Waals surface area contributed by atoms with Gasteiger partial charge in [0.25, 0.3) is 0 Å². The Morgan fingerprint density at radius 3 is 2.80 bits per heavy atom. The fourth-order valence-corrected chi connectivity index (χ4v) is 2.37. The summed E-state index contributed by atoms with van der Waals surface area (Å²) in [5, 5.41) is 3.29. The van der Waals surface area contributed by atoms with E-state index in [0.29, 0.717) is 0 Å². The third-order valence-electron chi connectivity index (χ3n) is 3.05. The van der Waals surface area contributed by atoms with E-state index < -0.39 is 11.6 Å². The Morgan fingerprint density at radius 1 is 1.25 bits per heavy atom. The van der Waals surface area contributed by atoms with E-state index in [1.165, 1.54) is 12.1 Å². The molecule has 1 aromatic heterocycles. The lowest BCUT2D eigenvalue weighted by Crippen LogP contribution is -2.13. The standard InChI is InChI=1S/C15H17BrF2N2/c1-2-6-19-8-11-5-7-20(9-11)10-12-14(17)4-3-13(16)15(12)18/h3-5,7,9,19H,2,6,8,10H2,1H3. The molecule has 0 amide bonds. The van der Waals surface area contributed by atoms with Gasteiger partial charge in [0.2, 0.25) is 0 Å². The number of rotatable bonds is 6.